The molecule has 1 aliphatic carbocycles. The predicted octanol–water partition coefficient (Wildman–Crippen LogP) is 4.24. The van der Waals surface area contributed by atoms with Gasteiger partial charge in [-0.25, -0.2) is 0 Å². The summed E-state index contributed by atoms with van der Waals surface area (Å²) in [6, 6.07) is 22.6. The van der Waals surface area contributed by atoms with E-state index in [4.69, 9.17) is 4.74 Å². The van der Waals surface area contributed by atoms with Crippen LogP contribution in [-0.4, -0.2) is 44.0 Å². The number of hydrogen-bond acceptors (Lipinski definition) is 4. The molecule has 2 N–H and O–H groups in total. The number of Topliss-reactive ketones (excluding diaryl/α,β-unsaturated/α-hetero) is 1. The number of amides is 1. The van der Waals surface area contributed by atoms with E-state index in [1.54, 1.807) is 13.2 Å². The van der Waals surface area contributed by atoms with Crippen molar-refractivity contribution in [2.24, 2.45) is 0 Å². The number of fused-ring (bicyclic) bond motifs is 1. The number of nitrogens with one attached hydrogen (secondary N) is 2. The number of carbonyl (C=O) groups is 2. The van der Waals surface area contributed by atoms with Gasteiger partial charge in [0, 0.05) is 19.2 Å². The first-order valence-electron chi connectivity index (χ1n) is 11.6. The monoisotopic (exact) mass is 454 g/mol. The van der Waals surface area contributed by atoms with E-state index in [1.165, 1.54) is 5.57 Å². The van der Waals surface area contributed by atoms with Crippen LogP contribution in [0.5, 0.6) is 0 Å². The topological polar surface area (TPSA) is 67.4 Å². The van der Waals surface area contributed by atoms with Gasteiger partial charge in [0.1, 0.15) is 0 Å². The first-order valence-corrected chi connectivity index (χ1v) is 11.6. The fourth-order valence-corrected chi connectivity index (χ4v) is 4.14. The van der Waals surface area contributed by atoms with Crippen molar-refractivity contribution in [1.82, 2.24) is 10.6 Å². The molecule has 0 aliphatic heterocycles. The molecule has 0 fully saturated rings. The molecule has 34 heavy (non-hydrogen) atoms. The minimum atomic E-state index is -0.624. The highest BCUT2D eigenvalue weighted by Gasteiger charge is 2.22. The van der Waals surface area contributed by atoms with E-state index in [1.807, 2.05) is 78.9 Å². The molecule has 0 aromatic heterocycles. The quantitative estimate of drug-likeness (QED) is 0.481. The van der Waals surface area contributed by atoms with Crippen LogP contribution in [0.25, 0.3) is 10.8 Å². The Kier molecular flexibility index (Phi) is 8.02. The molecule has 3 aromatic carbocycles. The van der Waals surface area contributed by atoms with Crippen molar-refractivity contribution in [3.63, 3.8) is 0 Å². The van der Waals surface area contributed by atoms with E-state index in [0.29, 0.717) is 18.5 Å². The van der Waals surface area contributed by atoms with E-state index < -0.39 is 6.04 Å². The number of methoxy groups -OCH3 is 1. The average molecular weight is 455 g/mol. The van der Waals surface area contributed by atoms with E-state index in [-0.39, 0.29) is 24.3 Å². The Labute approximate surface area is 200 Å². The lowest BCUT2D eigenvalue weighted by molar-refractivity contribution is -0.120. The van der Waals surface area contributed by atoms with Crippen molar-refractivity contribution < 1.29 is 14.3 Å². The van der Waals surface area contributed by atoms with Crippen LogP contribution in [0.4, 0.5) is 0 Å². The number of hydrogen-bond donors (Lipinski definition) is 2. The zero-order valence-corrected chi connectivity index (χ0v) is 19.4. The second-order valence-electron chi connectivity index (χ2n) is 8.54. The van der Waals surface area contributed by atoms with Crippen LogP contribution < -0.4 is 10.6 Å². The van der Waals surface area contributed by atoms with Gasteiger partial charge in [-0.15, -0.1) is 0 Å². The number of carbonyl (C=O) groups excluding carboxylic acids is 2. The lowest BCUT2D eigenvalue weighted by Crippen LogP contribution is -2.46. The molecule has 0 spiro atoms. The SMILES string of the molecule is COC1C=CC=C(CNCC(=O)[C@H](Cc2ccccc2)NC(=O)c2ccc3ccccc3c2)C1. The molecule has 0 radical (unpaired) electrons. The number of benzene rings is 3. The third-order valence-corrected chi connectivity index (χ3v) is 6.06. The van der Waals surface area contributed by atoms with Crippen molar-refractivity contribution in [1.29, 1.82) is 0 Å². The second-order valence-corrected chi connectivity index (χ2v) is 8.54. The Balaban J connectivity index is 1.42. The van der Waals surface area contributed by atoms with Gasteiger partial charge in [-0.3, -0.25) is 9.59 Å². The highest BCUT2D eigenvalue weighted by Crippen LogP contribution is 2.16. The molecular formula is C29H30N2O3. The summed E-state index contributed by atoms with van der Waals surface area (Å²) in [5.41, 5.74) is 2.73. The van der Waals surface area contributed by atoms with Crippen molar-refractivity contribution in [2.75, 3.05) is 20.2 Å². The maximum Gasteiger partial charge on any atom is 0.251 e. The van der Waals surface area contributed by atoms with E-state index in [9.17, 15) is 9.59 Å². The summed E-state index contributed by atoms with van der Waals surface area (Å²) in [7, 11) is 1.70. The van der Waals surface area contributed by atoms with Gasteiger partial charge in [-0.2, -0.15) is 0 Å². The number of ketones is 1. The van der Waals surface area contributed by atoms with Gasteiger partial charge < -0.3 is 15.4 Å². The van der Waals surface area contributed by atoms with Gasteiger partial charge in [-0.1, -0.05) is 84.5 Å². The number of allylic oxidation sites excluding steroid dienone is 2. The first kappa shape index (κ1) is 23.6. The summed E-state index contributed by atoms with van der Waals surface area (Å²) in [6.45, 7) is 0.779. The van der Waals surface area contributed by atoms with Crippen LogP contribution >= 0.6 is 0 Å². The van der Waals surface area contributed by atoms with Crippen LogP contribution in [0.2, 0.25) is 0 Å². The molecule has 0 saturated heterocycles. The van der Waals surface area contributed by atoms with E-state index in [0.717, 1.165) is 22.8 Å². The maximum absolute atomic E-state index is 13.2. The molecule has 0 bridgehead atoms. The fourth-order valence-electron chi connectivity index (χ4n) is 4.14. The smallest absolute Gasteiger partial charge is 0.251 e. The van der Waals surface area contributed by atoms with Crippen molar-refractivity contribution in [3.05, 3.63) is 108 Å². The lowest BCUT2D eigenvalue weighted by Gasteiger charge is -2.20. The lowest BCUT2D eigenvalue weighted by atomic mass is 10.0. The largest absolute Gasteiger partial charge is 0.377 e. The Morgan fingerprint density at radius 1 is 1.00 bits per heavy atom. The van der Waals surface area contributed by atoms with Crippen molar-refractivity contribution in [2.45, 2.75) is 25.0 Å². The Morgan fingerprint density at radius 2 is 1.76 bits per heavy atom. The summed E-state index contributed by atoms with van der Waals surface area (Å²) in [4.78, 5) is 26.2. The summed E-state index contributed by atoms with van der Waals surface area (Å²) >= 11 is 0. The predicted molar refractivity (Wildman–Crippen MR) is 136 cm³/mol. The normalized spacial score (nSPS) is 16.1. The molecule has 5 nitrogen and oxygen atoms in total. The molecule has 1 amide bonds. The highest BCUT2D eigenvalue weighted by molar-refractivity contribution is 6.01. The summed E-state index contributed by atoms with van der Waals surface area (Å²) in [6.07, 6.45) is 7.38. The van der Waals surface area contributed by atoms with Crippen molar-refractivity contribution in [3.8, 4) is 0 Å². The number of rotatable bonds is 10. The molecule has 0 saturated carbocycles. The molecule has 4 rings (SSSR count). The standard InChI is InChI=1S/C29H30N2O3/c1-34-26-13-7-10-22(16-26)19-30-20-28(32)27(17-21-8-3-2-4-9-21)31-29(33)25-15-14-23-11-5-6-12-24(23)18-25/h2-15,18,26-27,30H,16-17,19-20H2,1H3,(H,31,33)/t26?,27-/m0/s1. The van der Waals surface area contributed by atoms with Crippen LogP contribution in [0.1, 0.15) is 22.3 Å². The molecule has 1 unspecified atom stereocenters. The Bertz CT molecular complexity index is 1200. The third-order valence-electron chi connectivity index (χ3n) is 6.06. The molecular weight excluding hydrogens is 424 g/mol. The van der Waals surface area contributed by atoms with Crippen LogP contribution in [0, 0.1) is 0 Å². The van der Waals surface area contributed by atoms with Gasteiger partial charge in [0.2, 0.25) is 0 Å². The molecule has 0 heterocycles. The van der Waals surface area contributed by atoms with Crippen molar-refractivity contribution >= 4 is 22.5 Å². The van der Waals surface area contributed by atoms with Crippen LogP contribution in [0.3, 0.4) is 0 Å². The second kappa shape index (κ2) is 11.5. The van der Waals surface area contributed by atoms with E-state index in [2.05, 4.69) is 16.7 Å². The minimum Gasteiger partial charge on any atom is -0.377 e. The summed E-state index contributed by atoms with van der Waals surface area (Å²) < 4.78 is 5.40. The zero-order chi connectivity index (χ0) is 23.8. The Hall–Kier alpha value is -3.54. The minimum absolute atomic E-state index is 0.0479. The van der Waals surface area contributed by atoms with Crippen LogP contribution in [-0.2, 0) is 16.0 Å². The fraction of sp³-hybridized carbons (Fsp3) is 0.241. The molecule has 2 atom stereocenters. The zero-order valence-electron chi connectivity index (χ0n) is 19.4. The Morgan fingerprint density at radius 3 is 2.56 bits per heavy atom. The third kappa shape index (κ3) is 6.28. The number of ether oxygens (including phenoxy) is 1. The van der Waals surface area contributed by atoms with Gasteiger partial charge in [0.15, 0.2) is 5.78 Å². The molecule has 1 aliphatic rings. The van der Waals surface area contributed by atoms with Gasteiger partial charge in [-0.05, 0) is 41.3 Å². The highest BCUT2D eigenvalue weighted by atomic mass is 16.5. The van der Waals surface area contributed by atoms with Gasteiger partial charge in [0.05, 0.1) is 18.7 Å². The van der Waals surface area contributed by atoms with Crippen LogP contribution in [0.15, 0.2) is 96.6 Å². The molecule has 3 aromatic rings. The maximum atomic E-state index is 13.2. The molecule has 5 heteroatoms. The van der Waals surface area contributed by atoms with Gasteiger partial charge >= 0.3 is 0 Å². The summed E-state index contributed by atoms with van der Waals surface area (Å²) in [5.74, 6) is -0.295. The summed E-state index contributed by atoms with van der Waals surface area (Å²) in [5, 5.41) is 8.29. The molecule has 174 valence electrons. The van der Waals surface area contributed by atoms with E-state index >= 15 is 0 Å². The average Bonchev–Trinajstić information content (AvgIpc) is 2.88. The first-order chi connectivity index (χ1) is 16.6. The van der Waals surface area contributed by atoms with Gasteiger partial charge in [0.25, 0.3) is 5.91 Å².